The normalized spacial score (nSPS) is 32.6. The first-order valence-corrected chi connectivity index (χ1v) is 7.29. The molecule has 2 rings (SSSR count). The molecule has 2 N–H and O–H groups in total. The van der Waals surface area contributed by atoms with Gasteiger partial charge in [0.2, 0.25) is 0 Å². The van der Waals surface area contributed by atoms with Crippen LogP contribution in [0.1, 0.15) is 51.9 Å². The van der Waals surface area contributed by atoms with Gasteiger partial charge in [-0.25, -0.2) is 0 Å². The Morgan fingerprint density at radius 1 is 1.25 bits per heavy atom. The molecule has 2 aliphatic rings. The average molecular weight is 224 g/mol. The van der Waals surface area contributed by atoms with Crippen molar-refractivity contribution in [1.29, 1.82) is 0 Å². The van der Waals surface area contributed by atoms with Crippen molar-refractivity contribution in [2.24, 2.45) is 17.6 Å². The molecule has 0 amide bonds. The van der Waals surface area contributed by atoms with Crippen LogP contribution in [-0.4, -0.2) is 30.6 Å². The molecule has 0 radical (unpaired) electrons. The van der Waals surface area contributed by atoms with Crippen LogP contribution in [0.25, 0.3) is 0 Å². The Morgan fingerprint density at radius 2 is 2.06 bits per heavy atom. The van der Waals surface area contributed by atoms with E-state index in [2.05, 4.69) is 11.8 Å². The van der Waals surface area contributed by atoms with Crippen LogP contribution in [-0.2, 0) is 0 Å². The minimum absolute atomic E-state index is 0.741. The number of hydrogen-bond acceptors (Lipinski definition) is 2. The van der Waals surface area contributed by atoms with Gasteiger partial charge in [0.25, 0.3) is 0 Å². The maximum absolute atomic E-state index is 5.88. The molecule has 1 aliphatic carbocycles. The summed E-state index contributed by atoms with van der Waals surface area (Å²) >= 11 is 0. The summed E-state index contributed by atoms with van der Waals surface area (Å²) < 4.78 is 0. The number of likely N-dealkylation sites (tertiary alicyclic amines) is 1. The topological polar surface area (TPSA) is 29.3 Å². The van der Waals surface area contributed by atoms with E-state index in [0.29, 0.717) is 0 Å². The summed E-state index contributed by atoms with van der Waals surface area (Å²) in [6.45, 7) is 5.76. The van der Waals surface area contributed by atoms with Crippen LogP contribution in [0, 0.1) is 11.8 Å². The fraction of sp³-hybridized carbons (Fsp3) is 1.00. The fourth-order valence-corrected chi connectivity index (χ4v) is 3.75. The van der Waals surface area contributed by atoms with E-state index in [9.17, 15) is 0 Å². The van der Waals surface area contributed by atoms with Crippen molar-refractivity contribution in [2.75, 3.05) is 19.6 Å². The summed E-state index contributed by atoms with van der Waals surface area (Å²) in [6, 6.07) is 0.916. The number of fused-ring (bicyclic) bond motifs is 1. The summed E-state index contributed by atoms with van der Waals surface area (Å²) in [6.07, 6.45) is 9.92. The third-order valence-electron chi connectivity index (χ3n) is 4.65. The van der Waals surface area contributed by atoms with Crippen LogP contribution in [0.2, 0.25) is 0 Å². The van der Waals surface area contributed by atoms with Crippen LogP contribution in [0.4, 0.5) is 0 Å². The van der Waals surface area contributed by atoms with Crippen LogP contribution >= 0.6 is 0 Å². The van der Waals surface area contributed by atoms with Crippen LogP contribution in [0.3, 0.4) is 0 Å². The van der Waals surface area contributed by atoms with E-state index in [-0.39, 0.29) is 0 Å². The lowest BCUT2D eigenvalue weighted by Gasteiger charge is -2.33. The van der Waals surface area contributed by atoms with Gasteiger partial charge in [-0.1, -0.05) is 26.2 Å². The monoisotopic (exact) mass is 224 g/mol. The molecular formula is C14H28N2. The first-order chi connectivity index (χ1) is 7.85. The summed E-state index contributed by atoms with van der Waals surface area (Å²) in [5.41, 5.74) is 5.88. The van der Waals surface area contributed by atoms with Gasteiger partial charge in [-0.2, -0.15) is 0 Å². The molecule has 3 unspecified atom stereocenters. The molecule has 1 aliphatic heterocycles. The van der Waals surface area contributed by atoms with Crippen molar-refractivity contribution in [3.05, 3.63) is 0 Å². The van der Waals surface area contributed by atoms with Gasteiger partial charge in [0.1, 0.15) is 0 Å². The molecule has 2 fully saturated rings. The smallest absolute Gasteiger partial charge is 0.0124 e. The standard InChI is InChI=1S/C14H28N2/c1-2-5-12(10-15)11-16-9-8-13-6-3-4-7-14(13)16/h12-14H,2-11,15H2,1H3. The first-order valence-electron chi connectivity index (χ1n) is 7.29. The molecule has 0 aromatic rings. The van der Waals surface area contributed by atoms with Gasteiger partial charge >= 0.3 is 0 Å². The van der Waals surface area contributed by atoms with E-state index in [1.54, 1.807) is 0 Å². The molecule has 1 saturated carbocycles. The van der Waals surface area contributed by atoms with E-state index < -0.39 is 0 Å². The lowest BCUT2D eigenvalue weighted by Crippen LogP contribution is -2.39. The Balaban J connectivity index is 1.84. The third-order valence-corrected chi connectivity index (χ3v) is 4.65. The zero-order valence-corrected chi connectivity index (χ0v) is 10.8. The first kappa shape index (κ1) is 12.4. The van der Waals surface area contributed by atoms with Gasteiger partial charge in [0.05, 0.1) is 0 Å². The van der Waals surface area contributed by atoms with Gasteiger partial charge in [-0.05, 0) is 50.6 Å². The SMILES string of the molecule is CCCC(CN)CN1CCC2CCCCC21. The van der Waals surface area contributed by atoms with E-state index in [1.807, 2.05) is 0 Å². The van der Waals surface area contributed by atoms with Gasteiger partial charge in [0.15, 0.2) is 0 Å². The van der Waals surface area contributed by atoms with Crippen molar-refractivity contribution in [2.45, 2.75) is 57.9 Å². The molecule has 0 aromatic carbocycles. The largest absolute Gasteiger partial charge is 0.330 e. The number of nitrogens with zero attached hydrogens (tertiary/aromatic N) is 1. The molecule has 94 valence electrons. The zero-order chi connectivity index (χ0) is 11.4. The minimum atomic E-state index is 0.741. The Hall–Kier alpha value is -0.0800. The fourth-order valence-electron chi connectivity index (χ4n) is 3.75. The Labute approximate surface area is 101 Å². The minimum Gasteiger partial charge on any atom is -0.330 e. The Bertz CT molecular complexity index is 205. The number of nitrogens with two attached hydrogens (primary N) is 1. The molecule has 0 spiro atoms. The summed E-state index contributed by atoms with van der Waals surface area (Å²) in [4.78, 5) is 2.76. The molecule has 3 atom stereocenters. The van der Waals surface area contributed by atoms with Crippen LogP contribution < -0.4 is 5.73 Å². The quantitative estimate of drug-likeness (QED) is 0.778. The summed E-state index contributed by atoms with van der Waals surface area (Å²) in [5.74, 6) is 1.76. The second-order valence-electron chi connectivity index (χ2n) is 5.79. The molecule has 16 heavy (non-hydrogen) atoms. The number of hydrogen-bond donors (Lipinski definition) is 1. The van der Waals surface area contributed by atoms with Crippen LogP contribution in [0.5, 0.6) is 0 Å². The van der Waals surface area contributed by atoms with Gasteiger partial charge in [0, 0.05) is 12.6 Å². The highest BCUT2D eigenvalue weighted by molar-refractivity contribution is 4.90. The molecule has 1 heterocycles. The maximum Gasteiger partial charge on any atom is 0.0124 e. The van der Waals surface area contributed by atoms with Gasteiger partial charge in [-0.3, -0.25) is 4.90 Å². The van der Waals surface area contributed by atoms with Crippen molar-refractivity contribution in [3.8, 4) is 0 Å². The van der Waals surface area contributed by atoms with Gasteiger partial charge in [-0.15, -0.1) is 0 Å². The van der Waals surface area contributed by atoms with Crippen molar-refractivity contribution < 1.29 is 0 Å². The zero-order valence-electron chi connectivity index (χ0n) is 10.8. The lowest BCUT2D eigenvalue weighted by atomic mass is 9.85. The van der Waals surface area contributed by atoms with E-state index >= 15 is 0 Å². The Morgan fingerprint density at radius 3 is 2.81 bits per heavy atom. The van der Waals surface area contributed by atoms with E-state index in [0.717, 1.165) is 24.4 Å². The van der Waals surface area contributed by atoms with Crippen molar-refractivity contribution in [1.82, 2.24) is 4.90 Å². The second-order valence-corrected chi connectivity index (χ2v) is 5.79. The lowest BCUT2D eigenvalue weighted by molar-refractivity contribution is 0.158. The summed E-state index contributed by atoms with van der Waals surface area (Å²) in [7, 11) is 0. The van der Waals surface area contributed by atoms with Crippen molar-refractivity contribution >= 4 is 0 Å². The Kier molecular flexibility index (Phi) is 4.66. The second kappa shape index (κ2) is 6.02. The number of rotatable bonds is 5. The van der Waals surface area contributed by atoms with E-state index in [1.165, 1.54) is 58.0 Å². The van der Waals surface area contributed by atoms with Crippen molar-refractivity contribution in [3.63, 3.8) is 0 Å². The van der Waals surface area contributed by atoms with E-state index in [4.69, 9.17) is 5.73 Å². The predicted octanol–water partition coefficient (Wildman–Crippen LogP) is 2.63. The van der Waals surface area contributed by atoms with Gasteiger partial charge < -0.3 is 5.73 Å². The average Bonchev–Trinajstić information content (AvgIpc) is 2.72. The molecule has 0 aromatic heterocycles. The molecule has 1 saturated heterocycles. The third kappa shape index (κ3) is 2.78. The molecule has 2 heteroatoms. The molecule has 2 nitrogen and oxygen atoms in total. The highest BCUT2D eigenvalue weighted by Gasteiger charge is 2.35. The molecular weight excluding hydrogens is 196 g/mol. The highest BCUT2D eigenvalue weighted by atomic mass is 15.2. The maximum atomic E-state index is 5.88. The molecule has 0 bridgehead atoms. The predicted molar refractivity (Wildman–Crippen MR) is 69.4 cm³/mol. The van der Waals surface area contributed by atoms with Crippen LogP contribution in [0.15, 0.2) is 0 Å². The summed E-state index contributed by atoms with van der Waals surface area (Å²) in [5, 5.41) is 0. The highest BCUT2D eigenvalue weighted by Crippen LogP contribution is 2.36.